The molecule has 0 heterocycles. The van der Waals surface area contributed by atoms with Crippen molar-refractivity contribution in [2.75, 3.05) is 39.5 Å². The lowest BCUT2D eigenvalue weighted by molar-refractivity contribution is -0.139. The normalized spacial score (nSPS) is 10.8. The molecule has 286 valence electrons. The van der Waals surface area contributed by atoms with Gasteiger partial charge < -0.3 is 30.1 Å². The van der Waals surface area contributed by atoms with Gasteiger partial charge in [-0.1, -0.05) is 100 Å². The van der Waals surface area contributed by atoms with Crippen LogP contribution in [0.3, 0.4) is 0 Å². The van der Waals surface area contributed by atoms with Gasteiger partial charge in [-0.25, -0.2) is 0 Å². The Kier molecular flexibility index (Phi) is 44.7. The minimum Gasteiger partial charge on any atom is -0.481 e. The van der Waals surface area contributed by atoms with Gasteiger partial charge in [-0.2, -0.15) is 0 Å². The number of ether oxygens (including phenoxy) is 2. The van der Waals surface area contributed by atoms with Crippen molar-refractivity contribution < 1.29 is 44.0 Å². The van der Waals surface area contributed by atoms with E-state index in [0.717, 1.165) is 57.0 Å². The Morgan fingerprint density at radius 3 is 1.44 bits per heavy atom. The zero-order chi connectivity index (χ0) is 37.6. The monoisotopic (exact) mass is 690 g/mol. The Balaban J connectivity index is -0.000000281. The highest BCUT2D eigenvalue weighted by Gasteiger charge is 2.01. The van der Waals surface area contributed by atoms with Gasteiger partial charge in [0.05, 0.1) is 39.3 Å². The molecule has 0 saturated carbocycles. The summed E-state index contributed by atoms with van der Waals surface area (Å²) in [6, 6.07) is 0. The van der Waals surface area contributed by atoms with Crippen LogP contribution < -0.4 is 5.32 Å². The summed E-state index contributed by atoms with van der Waals surface area (Å²) in [7, 11) is 0. The topological polar surface area (TPSA) is 159 Å². The maximum Gasteiger partial charge on any atom is 0.305 e. The first kappa shape index (κ1) is 52.5. The molecule has 0 aromatic carbocycles. The molecule has 48 heavy (non-hydrogen) atoms. The predicted molar refractivity (Wildman–Crippen MR) is 197 cm³/mol. The Morgan fingerprint density at radius 2 is 1.02 bits per heavy atom. The minimum absolute atomic E-state index is 0.0917. The number of hydrogen-bond acceptors (Lipinski definition) is 7. The molecule has 0 aliphatic heterocycles. The van der Waals surface area contributed by atoms with Crippen molar-refractivity contribution in [3.8, 4) is 0 Å². The van der Waals surface area contributed by atoms with E-state index in [0.29, 0.717) is 51.0 Å². The zero-order valence-corrected chi connectivity index (χ0v) is 32.2. The molecule has 0 atom stereocenters. The first-order chi connectivity index (χ1) is 22.6. The summed E-state index contributed by atoms with van der Waals surface area (Å²) >= 11 is 0. The molecule has 0 saturated heterocycles. The second kappa shape index (κ2) is 40.9. The van der Waals surface area contributed by atoms with Crippen LogP contribution in [0.2, 0.25) is 0 Å². The van der Waals surface area contributed by atoms with Gasteiger partial charge in [0.25, 0.3) is 0 Å². The summed E-state index contributed by atoms with van der Waals surface area (Å²) in [6.07, 6.45) is 15.4. The quantitative estimate of drug-likeness (QED) is 0.0485. The van der Waals surface area contributed by atoms with E-state index in [1.165, 1.54) is 25.7 Å². The van der Waals surface area contributed by atoms with Gasteiger partial charge in [-0.05, 0) is 56.4 Å². The summed E-state index contributed by atoms with van der Waals surface area (Å²) in [5.74, 6) is 0.535. The molecule has 4 N–H and O–H groups in total. The van der Waals surface area contributed by atoms with Crippen molar-refractivity contribution >= 4 is 23.7 Å². The molecule has 0 amide bonds. The van der Waals surface area contributed by atoms with Crippen LogP contribution >= 0.6 is 0 Å². The van der Waals surface area contributed by atoms with E-state index >= 15 is 0 Å². The van der Waals surface area contributed by atoms with Crippen LogP contribution in [0.4, 0.5) is 0 Å². The van der Waals surface area contributed by atoms with Crippen LogP contribution in [-0.2, 0) is 28.7 Å². The van der Waals surface area contributed by atoms with Gasteiger partial charge in [-0.3, -0.25) is 19.2 Å². The number of carboxylic acids is 3. The molecular formula is C38H75NO9. The number of ketones is 1. The molecule has 10 nitrogen and oxygen atoms in total. The average molecular weight is 690 g/mol. The standard InChI is InChI=1S/C12H25NO3.C12H22O3.C8H16O2.C6H12O/c1-11(2)5-3-4-7-13-8-10-16-9-6-12(14)15;1-11(2)7-5-3-4-6-9-15-10-8-12(13)14;1-7(2)5-3-4-6-8(9)10;1-4-6(7)5(2)3/h11,13H,3-10H2,1-2H3,(H,14,15);3-4,11H,5-10H2,1-2H3,(H,13,14);7H,3-6H2,1-2H3,(H,9,10);5H,4H2,1-3H3. The van der Waals surface area contributed by atoms with Crippen molar-refractivity contribution in [2.24, 2.45) is 23.7 Å². The van der Waals surface area contributed by atoms with Crippen LogP contribution in [-0.4, -0.2) is 78.5 Å². The van der Waals surface area contributed by atoms with Crippen molar-refractivity contribution in [2.45, 2.75) is 146 Å². The molecule has 0 unspecified atom stereocenters. The lowest BCUT2D eigenvalue weighted by Gasteiger charge is -2.06. The van der Waals surface area contributed by atoms with Crippen molar-refractivity contribution in [3.05, 3.63) is 12.2 Å². The Morgan fingerprint density at radius 1 is 0.562 bits per heavy atom. The van der Waals surface area contributed by atoms with Crippen molar-refractivity contribution in [1.29, 1.82) is 0 Å². The SMILES string of the molecule is CC(C)CCC=CCCOCCC(=O)O.CC(C)CCCCC(=O)O.CC(C)CCCCNCCOCCC(=O)O.CCC(=O)C(C)C. The lowest BCUT2D eigenvalue weighted by Crippen LogP contribution is -2.21. The molecular weight excluding hydrogens is 614 g/mol. The first-order valence-corrected chi connectivity index (χ1v) is 18.3. The number of allylic oxidation sites excluding steroid dienone is 1. The molecule has 0 bridgehead atoms. The van der Waals surface area contributed by atoms with Crippen molar-refractivity contribution in [1.82, 2.24) is 5.32 Å². The fraction of sp³-hybridized carbons (Fsp3) is 0.842. The number of carbonyl (C=O) groups is 4. The third-order valence-electron chi connectivity index (χ3n) is 6.65. The number of unbranched alkanes of at least 4 members (excludes halogenated alkanes) is 2. The van der Waals surface area contributed by atoms with E-state index in [9.17, 15) is 19.2 Å². The summed E-state index contributed by atoms with van der Waals surface area (Å²) in [5.41, 5.74) is 0. The molecule has 10 heteroatoms. The largest absolute Gasteiger partial charge is 0.481 e. The highest BCUT2D eigenvalue weighted by molar-refractivity contribution is 5.79. The molecule has 0 aromatic rings. The maximum atomic E-state index is 10.5. The Hall–Kier alpha value is -2.30. The summed E-state index contributed by atoms with van der Waals surface area (Å²) in [5, 5.41) is 28.3. The van der Waals surface area contributed by atoms with Crippen molar-refractivity contribution in [3.63, 3.8) is 0 Å². The summed E-state index contributed by atoms with van der Waals surface area (Å²) < 4.78 is 10.3. The molecule has 0 fully saturated rings. The van der Waals surface area contributed by atoms with Crippen LogP contribution in [0.1, 0.15) is 146 Å². The predicted octanol–water partition coefficient (Wildman–Crippen LogP) is 8.66. The highest BCUT2D eigenvalue weighted by atomic mass is 16.5. The van der Waals surface area contributed by atoms with E-state index in [1.54, 1.807) is 0 Å². The molecule has 0 radical (unpaired) electrons. The van der Waals surface area contributed by atoms with Gasteiger partial charge in [0.1, 0.15) is 5.78 Å². The number of carboxylic acid groups (broad SMARTS) is 3. The van der Waals surface area contributed by atoms with Crippen LogP contribution in [0.15, 0.2) is 12.2 Å². The number of rotatable bonds is 27. The second-order valence-electron chi connectivity index (χ2n) is 13.4. The fourth-order valence-electron chi connectivity index (χ4n) is 3.65. The van der Waals surface area contributed by atoms with Crippen LogP contribution in [0, 0.1) is 23.7 Å². The summed E-state index contributed by atoms with van der Waals surface area (Å²) in [4.78, 5) is 40.9. The van der Waals surface area contributed by atoms with Gasteiger partial charge >= 0.3 is 17.9 Å². The fourth-order valence-corrected chi connectivity index (χ4v) is 3.65. The van der Waals surface area contributed by atoms with Gasteiger partial charge in [0.15, 0.2) is 0 Å². The number of hydrogen-bond donors (Lipinski definition) is 4. The van der Waals surface area contributed by atoms with E-state index in [1.807, 2.05) is 20.8 Å². The second-order valence-corrected chi connectivity index (χ2v) is 13.4. The van der Waals surface area contributed by atoms with Gasteiger partial charge in [0.2, 0.25) is 0 Å². The zero-order valence-electron chi connectivity index (χ0n) is 32.2. The Bertz CT molecular complexity index is 765. The molecule has 0 rings (SSSR count). The Labute approximate surface area is 293 Å². The van der Waals surface area contributed by atoms with Gasteiger partial charge in [0, 0.05) is 25.3 Å². The third-order valence-corrected chi connectivity index (χ3v) is 6.65. The number of carbonyl (C=O) groups excluding carboxylic acids is 1. The highest BCUT2D eigenvalue weighted by Crippen LogP contribution is 2.08. The molecule has 0 aliphatic carbocycles. The summed E-state index contributed by atoms with van der Waals surface area (Å²) in [6.45, 7) is 22.6. The first-order valence-electron chi connectivity index (χ1n) is 18.3. The molecule has 0 aromatic heterocycles. The lowest BCUT2D eigenvalue weighted by atomic mass is 10.1. The number of nitrogens with one attached hydrogen (secondary N) is 1. The number of aliphatic carboxylic acids is 3. The van der Waals surface area contributed by atoms with E-state index in [-0.39, 0.29) is 18.8 Å². The maximum absolute atomic E-state index is 10.5. The third kappa shape index (κ3) is 62.5. The van der Waals surface area contributed by atoms with Crippen LogP contribution in [0.5, 0.6) is 0 Å². The van der Waals surface area contributed by atoms with E-state index < -0.39 is 17.9 Å². The molecule has 0 aliphatic rings. The van der Waals surface area contributed by atoms with Gasteiger partial charge in [-0.15, -0.1) is 0 Å². The average Bonchev–Trinajstić information content (AvgIpc) is 2.99. The minimum atomic E-state index is -0.804. The van der Waals surface area contributed by atoms with E-state index in [4.69, 9.17) is 24.8 Å². The number of Topliss-reactive ketones (excluding diaryl/α,β-unsaturated/α-hetero) is 1. The van der Waals surface area contributed by atoms with Crippen LogP contribution in [0.25, 0.3) is 0 Å². The smallest absolute Gasteiger partial charge is 0.305 e. The molecule has 0 spiro atoms. The van der Waals surface area contributed by atoms with E-state index in [2.05, 4.69) is 59.0 Å².